The van der Waals surface area contributed by atoms with Crippen LogP contribution in [0.2, 0.25) is 5.02 Å². The topological polar surface area (TPSA) is 72.2 Å². The van der Waals surface area contributed by atoms with Crippen molar-refractivity contribution in [1.82, 2.24) is 4.72 Å². The summed E-state index contributed by atoms with van der Waals surface area (Å²) in [5.74, 6) is -0.395. The van der Waals surface area contributed by atoms with Gasteiger partial charge in [-0.2, -0.15) is 0 Å². The average Bonchev–Trinajstić information content (AvgIpc) is 2.43. The predicted molar refractivity (Wildman–Crippen MR) is 82.2 cm³/mol. The summed E-state index contributed by atoms with van der Waals surface area (Å²) in [6.07, 6.45) is 4.88. The Kier molecular flexibility index (Phi) is 5.11. The van der Waals surface area contributed by atoms with Crippen LogP contribution in [0.1, 0.15) is 39.0 Å². The molecule has 1 saturated carbocycles. The number of benzene rings is 1. The highest BCUT2D eigenvalue weighted by atomic mass is 35.5. The number of nitrogens with one attached hydrogen (secondary N) is 1. The van der Waals surface area contributed by atoms with E-state index in [0.717, 1.165) is 44.2 Å². The van der Waals surface area contributed by atoms with Crippen molar-refractivity contribution in [3.8, 4) is 0 Å². The molecule has 21 heavy (non-hydrogen) atoms. The lowest BCUT2D eigenvalue weighted by atomic mass is 9.83. The molecule has 2 rings (SSSR count). The first-order chi connectivity index (χ1) is 9.85. The lowest BCUT2D eigenvalue weighted by molar-refractivity contribution is 0.282. The number of nitrogen functional groups attached to an aromatic ring is 1. The molecule has 1 aliphatic carbocycles. The van der Waals surface area contributed by atoms with Crippen LogP contribution < -0.4 is 10.5 Å². The van der Waals surface area contributed by atoms with Gasteiger partial charge in [0.25, 0.3) is 0 Å². The minimum absolute atomic E-state index is 0.101. The average molecular weight is 335 g/mol. The summed E-state index contributed by atoms with van der Waals surface area (Å²) < 4.78 is 41.0. The van der Waals surface area contributed by atoms with Crippen molar-refractivity contribution >= 4 is 27.3 Å². The molecule has 7 heteroatoms. The maximum atomic E-state index is 13.3. The summed E-state index contributed by atoms with van der Waals surface area (Å²) in [6.45, 7) is 2.06. The van der Waals surface area contributed by atoms with Crippen LogP contribution in [0.15, 0.2) is 17.0 Å². The molecule has 0 amide bonds. The molecule has 1 aromatic carbocycles. The van der Waals surface area contributed by atoms with E-state index in [-0.39, 0.29) is 21.6 Å². The van der Waals surface area contributed by atoms with Crippen LogP contribution in [0, 0.1) is 11.7 Å². The van der Waals surface area contributed by atoms with Crippen LogP contribution in [-0.2, 0) is 10.0 Å². The second-order valence-electron chi connectivity index (χ2n) is 5.48. The van der Waals surface area contributed by atoms with Crippen molar-refractivity contribution in [2.24, 2.45) is 5.92 Å². The lowest BCUT2D eigenvalue weighted by Crippen LogP contribution is -2.41. The molecule has 118 valence electrons. The van der Waals surface area contributed by atoms with Crippen molar-refractivity contribution in [2.45, 2.75) is 50.0 Å². The molecule has 2 unspecified atom stereocenters. The molecule has 1 fully saturated rings. The minimum atomic E-state index is -3.80. The summed E-state index contributed by atoms with van der Waals surface area (Å²) in [7, 11) is -3.80. The van der Waals surface area contributed by atoms with E-state index in [1.165, 1.54) is 0 Å². The van der Waals surface area contributed by atoms with Gasteiger partial charge in [0.15, 0.2) is 0 Å². The monoisotopic (exact) mass is 334 g/mol. The number of nitrogens with two attached hydrogens (primary N) is 1. The second-order valence-corrected chi connectivity index (χ2v) is 7.57. The fourth-order valence-electron chi connectivity index (χ4n) is 2.87. The first-order valence-corrected chi connectivity index (χ1v) is 8.98. The quantitative estimate of drug-likeness (QED) is 0.830. The summed E-state index contributed by atoms with van der Waals surface area (Å²) in [6, 6.07) is 1.91. The molecule has 0 spiro atoms. The smallest absolute Gasteiger partial charge is 0.242 e. The fraction of sp³-hybridized carbons (Fsp3) is 0.571. The second kappa shape index (κ2) is 6.50. The zero-order valence-corrected chi connectivity index (χ0v) is 13.5. The van der Waals surface area contributed by atoms with Gasteiger partial charge in [-0.15, -0.1) is 0 Å². The van der Waals surface area contributed by atoms with Gasteiger partial charge in [0, 0.05) is 6.04 Å². The molecule has 1 aliphatic rings. The highest BCUT2D eigenvalue weighted by Gasteiger charge is 2.29. The molecular weight excluding hydrogens is 315 g/mol. The number of rotatable bonds is 4. The Morgan fingerprint density at radius 3 is 2.71 bits per heavy atom. The van der Waals surface area contributed by atoms with Crippen LogP contribution in [0.5, 0.6) is 0 Å². The van der Waals surface area contributed by atoms with Gasteiger partial charge in [-0.3, -0.25) is 0 Å². The van der Waals surface area contributed by atoms with Gasteiger partial charge in [-0.25, -0.2) is 17.5 Å². The van der Waals surface area contributed by atoms with E-state index < -0.39 is 15.8 Å². The molecule has 0 aliphatic heterocycles. The van der Waals surface area contributed by atoms with Gasteiger partial charge >= 0.3 is 0 Å². The van der Waals surface area contributed by atoms with Gasteiger partial charge in [0.1, 0.15) is 10.7 Å². The predicted octanol–water partition coefficient (Wildman–Crippen LogP) is 3.31. The Labute approximate surface area is 129 Å². The van der Waals surface area contributed by atoms with Crippen molar-refractivity contribution in [3.05, 3.63) is 23.0 Å². The highest BCUT2D eigenvalue weighted by Crippen LogP contribution is 2.30. The number of anilines is 1. The third-order valence-electron chi connectivity index (χ3n) is 4.08. The molecule has 4 nitrogen and oxygen atoms in total. The van der Waals surface area contributed by atoms with Crippen LogP contribution in [-0.4, -0.2) is 14.5 Å². The zero-order chi connectivity index (χ0) is 15.6. The molecule has 0 saturated heterocycles. The molecule has 2 atom stereocenters. The first kappa shape index (κ1) is 16.5. The number of hydrogen-bond acceptors (Lipinski definition) is 3. The zero-order valence-electron chi connectivity index (χ0n) is 11.9. The number of hydrogen-bond donors (Lipinski definition) is 2. The third-order valence-corrected chi connectivity index (χ3v) is 6.04. The molecule has 0 radical (unpaired) electrons. The number of sulfonamides is 1. The van der Waals surface area contributed by atoms with Gasteiger partial charge in [0.05, 0.1) is 10.7 Å². The molecule has 1 aromatic rings. The molecule has 3 N–H and O–H groups in total. The maximum Gasteiger partial charge on any atom is 0.242 e. The Balaban J connectivity index is 2.28. The third kappa shape index (κ3) is 3.67. The summed E-state index contributed by atoms with van der Waals surface area (Å²) >= 11 is 5.86. The van der Waals surface area contributed by atoms with Crippen molar-refractivity contribution in [3.63, 3.8) is 0 Å². The van der Waals surface area contributed by atoms with Crippen molar-refractivity contribution < 1.29 is 12.8 Å². The maximum absolute atomic E-state index is 13.3. The van der Waals surface area contributed by atoms with Crippen LogP contribution in [0.25, 0.3) is 0 Å². The van der Waals surface area contributed by atoms with E-state index in [4.69, 9.17) is 17.3 Å². The van der Waals surface area contributed by atoms with Gasteiger partial charge in [-0.1, -0.05) is 37.8 Å². The van der Waals surface area contributed by atoms with E-state index in [0.29, 0.717) is 5.92 Å². The Morgan fingerprint density at radius 1 is 1.38 bits per heavy atom. The SMILES string of the molecule is CCC1CCCCC1NS(=O)(=O)c1cc(N)c(F)cc1Cl. The molecular formula is C14H20ClFN2O2S. The Hall–Kier alpha value is -0.850. The van der Waals surface area contributed by atoms with E-state index >= 15 is 0 Å². The first-order valence-electron chi connectivity index (χ1n) is 7.12. The van der Waals surface area contributed by atoms with Gasteiger partial charge in [-0.05, 0) is 30.9 Å². The van der Waals surface area contributed by atoms with E-state index in [9.17, 15) is 12.8 Å². The van der Waals surface area contributed by atoms with E-state index in [2.05, 4.69) is 11.6 Å². The summed E-state index contributed by atoms with van der Waals surface area (Å²) in [5, 5.41) is -0.155. The number of halogens is 2. The van der Waals surface area contributed by atoms with Gasteiger partial charge < -0.3 is 5.73 Å². The Morgan fingerprint density at radius 2 is 2.05 bits per heavy atom. The summed E-state index contributed by atoms with van der Waals surface area (Å²) in [4.78, 5) is -0.163. The summed E-state index contributed by atoms with van der Waals surface area (Å²) in [5.41, 5.74) is 5.22. The Bertz CT molecular complexity index is 622. The molecule has 0 aromatic heterocycles. The molecule has 0 bridgehead atoms. The highest BCUT2D eigenvalue weighted by molar-refractivity contribution is 7.89. The van der Waals surface area contributed by atoms with Gasteiger partial charge in [0.2, 0.25) is 10.0 Å². The lowest BCUT2D eigenvalue weighted by Gasteiger charge is -2.31. The fourth-order valence-corrected chi connectivity index (χ4v) is 4.75. The van der Waals surface area contributed by atoms with Crippen LogP contribution >= 0.6 is 11.6 Å². The van der Waals surface area contributed by atoms with Crippen molar-refractivity contribution in [1.29, 1.82) is 0 Å². The molecule has 0 heterocycles. The largest absolute Gasteiger partial charge is 0.396 e. The van der Waals surface area contributed by atoms with Crippen LogP contribution in [0.4, 0.5) is 10.1 Å². The van der Waals surface area contributed by atoms with Crippen LogP contribution in [0.3, 0.4) is 0 Å². The van der Waals surface area contributed by atoms with E-state index in [1.54, 1.807) is 0 Å². The normalized spacial score (nSPS) is 23.2. The van der Waals surface area contributed by atoms with Crippen molar-refractivity contribution in [2.75, 3.05) is 5.73 Å². The van der Waals surface area contributed by atoms with E-state index in [1.807, 2.05) is 0 Å². The standard InChI is InChI=1S/C14H20ClFN2O2S/c1-2-9-5-3-4-6-13(9)18-21(19,20)14-8-12(17)11(16)7-10(14)15/h7-9,13,18H,2-6,17H2,1H3. The minimum Gasteiger partial charge on any atom is -0.396 e.